The number of nitrogen functional groups attached to an aromatic ring is 1. The van der Waals surface area contributed by atoms with E-state index in [4.69, 9.17) is 10.5 Å². The van der Waals surface area contributed by atoms with Gasteiger partial charge in [0.1, 0.15) is 6.61 Å². The van der Waals surface area contributed by atoms with Gasteiger partial charge in [-0.05, 0) is 82.1 Å². The van der Waals surface area contributed by atoms with Crippen LogP contribution >= 0.6 is 11.3 Å². The van der Waals surface area contributed by atoms with Crippen molar-refractivity contribution in [2.75, 3.05) is 5.73 Å². The van der Waals surface area contributed by atoms with Gasteiger partial charge >= 0.3 is 0 Å². The molecule has 0 radical (unpaired) electrons. The highest BCUT2D eigenvalue weighted by Gasteiger charge is 2.16. The topological polar surface area (TPSA) is 40.2 Å². The van der Waals surface area contributed by atoms with Crippen LogP contribution in [0.2, 0.25) is 0 Å². The SMILES string of the molecule is Nc1ccc2sc3ccc(-c4ccccc4)cc3c2c1OCc1ccc(-n2c3ccccc3c3cc4ccccc4cc32)cc1. The molecule has 2 N–H and O–H groups in total. The minimum atomic E-state index is 0.428. The van der Waals surface area contributed by atoms with Crippen LogP contribution in [0.4, 0.5) is 5.69 Å². The number of fused-ring (bicyclic) bond motifs is 7. The van der Waals surface area contributed by atoms with Gasteiger partial charge in [0.25, 0.3) is 0 Å². The van der Waals surface area contributed by atoms with Crippen LogP contribution < -0.4 is 10.5 Å². The van der Waals surface area contributed by atoms with Gasteiger partial charge in [0.05, 0.1) is 16.7 Å². The van der Waals surface area contributed by atoms with Gasteiger partial charge < -0.3 is 15.0 Å². The Morgan fingerprint density at radius 1 is 0.556 bits per heavy atom. The Morgan fingerprint density at radius 3 is 2.13 bits per heavy atom. The molecule has 0 saturated heterocycles. The summed E-state index contributed by atoms with van der Waals surface area (Å²) in [7, 11) is 0. The molecule has 0 amide bonds. The number of thiophene rings is 1. The highest BCUT2D eigenvalue weighted by molar-refractivity contribution is 7.25. The Kier molecular flexibility index (Phi) is 5.90. The first-order chi connectivity index (χ1) is 22.2. The van der Waals surface area contributed by atoms with Gasteiger partial charge in [0, 0.05) is 36.6 Å². The minimum absolute atomic E-state index is 0.428. The first-order valence-electron chi connectivity index (χ1n) is 15.2. The predicted molar refractivity (Wildman–Crippen MR) is 192 cm³/mol. The lowest BCUT2D eigenvalue weighted by atomic mass is 10.0. The monoisotopic (exact) mass is 596 g/mol. The van der Waals surface area contributed by atoms with Crippen molar-refractivity contribution >= 4 is 69.8 Å². The zero-order valence-corrected chi connectivity index (χ0v) is 25.2. The number of para-hydroxylation sites is 1. The first-order valence-corrected chi connectivity index (χ1v) is 16.0. The number of rotatable bonds is 5. The molecule has 45 heavy (non-hydrogen) atoms. The summed E-state index contributed by atoms with van der Waals surface area (Å²) < 4.78 is 11.3. The second kappa shape index (κ2) is 10.3. The maximum atomic E-state index is 6.56. The minimum Gasteiger partial charge on any atom is -0.486 e. The van der Waals surface area contributed by atoms with E-state index in [1.54, 1.807) is 11.3 Å². The average Bonchev–Trinajstić information content (AvgIpc) is 3.62. The van der Waals surface area contributed by atoms with Crippen LogP contribution in [0.25, 0.3) is 69.6 Å². The Labute approximate surface area is 264 Å². The molecule has 0 aliphatic heterocycles. The van der Waals surface area contributed by atoms with Gasteiger partial charge in [-0.3, -0.25) is 0 Å². The van der Waals surface area contributed by atoms with Crippen molar-refractivity contribution in [3.05, 3.63) is 151 Å². The Hall–Kier alpha value is -5.58. The van der Waals surface area contributed by atoms with Gasteiger partial charge in [0.15, 0.2) is 5.75 Å². The van der Waals surface area contributed by atoms with Crippen LogP contribution in [0.3, 0.4) is 0 Å². The molecule has 4 heteroatoms. The maximum absolute atomic E-state index is 6.56. The average molecular weight is 597 g/mol. The summed E-state index contributed by atoms with van der Waals surface area (Å²) >= 11 is 1.77. The smallest absolute Gasteiger partial charge is 0.151 e. The lowest BCUT2D eigenvalue weighted by Crippen LogP contribution is -2.00. The van der Waals surface area contributed by atoms with E-state index in [2.05, 4.69) is 138 Å². The molecule has 9 aromatic rings. The van der Waals surface area contributed by atoms with Crippen molar-refractivity contribution in [2.45, 2.75) is 6.61 Å². The van der Waals surface area contributed by atoms with Crippen molar-refractivity contribution in [3.63, 3.8) is 0 Å². The summed E-state index contributed by atoms with van der Waals surface area (Å²) in [6.45, 7) is 0.428. The first kappa shape index (κ1) is 25.9. The molecule has 0 bridgehead atoms. The Balaban J connectivity index is 1.08. The summed E-state index contributed by atoms with van der Waals surface area (Å²) in [5.41, 5.74) is 14.2. The fourth-order valence-electron chi connectivity index (χ4n) is 6.65. The molecule has 0 spiro atoms. The molecule has 0 saturated carbocycles. The van der Waals surface area contributed by atoms with E-state index < -0.39 is 0 Å². The van der Waals surface area contributed by atoms with Crippen molar-refractivity contribution in [1.29, 1.82) is 0 Å². The molecular weight excluding hydrogens is 569 g/mol. The highest BCUT2D eigenvalue weighted by Crippen LogP contribution is 2.44. The van der Waals surface area contributed by atoms with Gasteiger partial charge in [0.2, 0.25) is 0 Å². The summed E-state index contributed by atoms with van der Waals surface area (Å²) in [5, 5.41) is 7.27. The molecule has 0 fully saturated rings. The van der Waals surface area contributed by atoms with E-state index in [1.165, 1.54) is 58.5 Å². The van der Waals surface area contributed by atoms with Crippen LogP contribution in [-0.2, 0) is 6.61 Å². The molecule has 3 nitrogen and oxygen atoms in total. The van der Waals surface area contributed by atoms with E-state index in [0.717, 1.165) is 22.4 Å². The Morgan fingerprint density at radius 2 is 1.29 bits per heavy atom. The number of nitrogens with zero attached hydrogens (tertiary/aromatic N) is 1. The molecule has 0 atom stereocenters. The van der Waals surface area contributed by atoms with Gasteiger partial charge in [-0.2, -0.15) is 0 Å². The number of aromatic nitrogens is 1. The van der Waals surface area contributed by atoms with E-state index in [9.17, 15) is 0 Å². The number of ether oxygens (including phenoxy) is 1. The summed E-state index contributed by atoms with van der Waals surface area (Å²) in [6.07, 6.45) is 0. The highest BCUT2D eigenvalue weighted by atomic mass is 32.1. The number of nitrogens with two attached hydrogens (primary N) is 1. The zero-order valence-electron chi connectivity index (χ0n) is 24.4. The largest absolute Gasteiger partial charge is 0.486 e. The molecule has 0 aliphatic rings. The van der Waals surface area contributed by atoms with Crippen LogP contribution in [0.15, 0.2) is 146 Å². The van der Waals surface area contributed by atoms with E-state index in [-0.39, 0.29) is 0 Å². The summed E-state index contributed by atoms with van der Waals surface area (Å²) in [5.74, 6) is 0.752. The second-order valence-corrected chi connectivity index (χ2v) is 12.6. The van der Waals surface area contributed by atoms with E-state index in [1.807, 2.05) is 12.1 Å². The standard InChI is InChI=1S/C41H28N2OS/c42-35-19-21-39-40(34-23-30(16-20-38(34)45-39)27-8-2-1-3-9-27)41(35)44-25-26-14-17-31(18-15-26)43-36-13-7-6-12-32(36)33-22-28-10-4-5-11-29(28)24-37(33)43/h1-24H,25,42H2. The fourth-order valence-corrected chi connectivity index (χ4v) is 7.73. The molecule has 0 aliphatic carbocycles. The molecular formula is C41H28N2OS. The zero-order chi connectivity index (χ0) is 29.9. The molecule has 9 rings (SSSR count). The quantitative estimate of drug-likeness (QED) is 0.201. The normalized spacial score (nSPS) is 11.7. The van der Waals surface area contributed by atoms with Gasteiger partial charge in [-0.25, -0.2) is 0 Å². The van der Waals surface area contributed by atoms with Gasteiger partial charge in [-0.1, -0.05) is 91.0 Å². The van der Waals surface area contributed by atoms with E-state index >= 15 is 0 Å². The summed E-state index contributed by atoms with van der Waals surface area (Å²) in [4.78, 5) is 0. The third-order valence-corrected chi connectivity index (χ3v) is 9.98. The molecule has 7 aromatic carbocycles. The second-order valence-electron chi connectivity index (χ2n) is 11.6. The third-order valence-electron chi connectivity index (χ3n) is 8.84. The van der Waals surface area contributed by atoms with Crippen molar-refractivity contribution < 1.29 is 4.74 Å². The molecule has 0 unspecified atom stereocenters. The molecule has 2 heterocycles. The Bertz CT molecular complexity index is 2540. The maximum Gasteiger partial charge on any atom is 0.151 e. The van der Waals surface area contributed by atoms with Crippen molar-refractivity contribution in [2.24, 2.45) is 0 Å². The van der Waals surface area contributed by atoms with E-state index in [0.29, 0.717) is 12.3 Å². The number of benzene rings is 7. The lowest BCUT2D eigenvalue weighted by molar-refractivity contribution is 0.312. The van der Waals surface area contributed by atoms with Crippen molar-refractivity contribution in [1.82, 2.24) is 4.57 Å². The third kappa shape index (κ3) is 4.26. The lowest BCUT2D eigenvalue weighted by Gasteiger charge is -2.13. The number of hydrogen-bond donors (Lipinski definition) is 1. The number of hydrogen-bond acceptors (Lipinski definition) is 3. The fraction of sp³-hybridized carbons (Fsp3) is 0.0244. The number of anilines is 1. The van der Waals surface area contributed by atoms with Crippen LogP contribution in [-0.4, -0.2) is 4.57 Å². The van der Waals surface area contributed by atoms with Crippen molar-refractivity contribution in [3.8, 4) is 22.6 Å². The predicted octanol–water partition coefficient (Wildman–Crippen LogP) is 11.1. The van der Waals surface area contributed by atoms with Crippen LogP contribution in [0.5, 0.6) is 5.75 Å². The van der Waals surface area contributed by atoms with Crippen LogP contribution in [0, 0.1) is 0 Å². The van der Waals surface area contributed by atoms with Crippen LogP contribution in [0.1, 0.15) is 5.56 Å². The molecule has 214 valence electrons. The molecule has 2 aromatic heterocycles. The van der Waals surface area contributed by atoms with Gasteiger partial charge in [-0.15, -0.1) is 11.3 Å². The summed E-state index contributed by atoms with van der Waals surface area (Å²) in [6, 6.07) is 51.8.